The first-order valence-corrected chi connectivity index (χ1v) is 7.87. The number of benzene rings is 1. The van der Waals surface area contributed by atoms with E-state index in [1.165, 1.54) is 40.5 Å². The van der Waals surface area contributed by atoms with Crippen LogP contribution in [0.5, 0.6) is 0 Å². The lowest BCUT2D eigenvalue weighted by Gasteiger charge is -2.09. The highest BCUT2D eigenvalue weighted by Gasteiger charge is 2.21. The third-order valence-corrected chi connectivity index (χ3v) is 4.82. The Morgan fingerprint density at radius 3 is 2.64 bits per heavy atom. The van der Waals surface area contributed by atoms with Gasteiger partial charge in [-0.2, -0.15) is 5.26 Å². The van der Waals surface area contributed by atoms with E-state index >= 15 is 0 Å². The quantitative estimate of drug-likeness (QED) is 0.868. The number of amides is 2. The second kappa shape index (κ2) is 6.16. The first-order valence-electron chi connectivity index (χ1n) is 7.05. The molecule has 0 atom stereocenters. The van der Waals surface area contributed by atoms with Crippen LogP contribution in [0.4, 0.5) is 19.9 Å². The molecule has 1 aromatic heterocycles. The third-order valence-electron chi connectivity index (χ3n) is 3.61. The van der Waals surface area contributed by atoms with Crippen LogP contribution in [-0.4, -0.2) is 6.03 Å². The van der Waals surface area contributed by atoms with Gasteiger partial charge in [-0.25, -0.2) is 9.18 Å². The van der Waals surface area contributed by atoms with E-state index in [4.69, 9.17) is 0 Å². The molecule has 6 heteroatoms. The van der Waals surface area contributed by atoms with E-state index in [0.717, 1.165) is 31.2 Å². The van der Waals surface area contributed by atoms with Crippen LogP contribution in [0.2, 0.25) is 0 Å². The molecule has 1 heterocycles. The van der Waals surface area contributed by atoms with Crippen molar-refractivity contribution in [3.05, 3.63) is 46.1 Å². The summed E-state index contributed by atoms with van der Waals surface area (Å²) in [6, 6.07) is 7.30. The standard InChI is InChI=1S/C16H14FN3OS/c17-10-5-7-11(8-6-10)19-16(21)20-15-13(9-18)12-3-1-2-4-14(12)22-15/h5-8H,1-4H2,(H2,19,20,21). The van der Waals surface area contributed by atoms with Gasteiger partial charge >= 0.3 is 6.03 Å². The molecule has 1 aromatic carbocycles. The topological polar surface area (TPSA) is 64.9 Å². The highest BCUT2D eigenvalue weighted by Crippen LogP contribution is 2.37. The predicted octanol–water partition coefficient (Wildman–Crippen LogP) is 4.28. The second-order valence-corrected chi connectivity index (χ2v) is 6.22. The van der Waals surface area contributed by atoms with E-state index in [1.54, 1.807) is 0 Å². The zero-order valence-corrected chi connectivity index (χ0v) is 12.6. The zero-order chi connectivity index (χ0) is 15.5. The SMILES string of the molecule is N#Cc1c(NC(=O)Nc2ccc(F)cc2)sc2c1CCCC2. The summed E-state index contributed by atoms with van der Waals surface area (Å²) >= 11 is 1.47. The van der Waals surface area contributed by atoms with Crippen molar-refractivity contribution in [3.8, 4) is 6.07 Å². The first-order chi connectivity index (χ1) is 10.7. The number of nitrogens with one attached hydrogen (secondary N) is 2. The lowest BCUT2D eigenvalue weighted by molar-refractivity contribution is 0.262. The second-order valence-electron chi connectivity index (χ2n) is 5.11. The van der Waals surface area contributed by atoms with Crippen LogP contribution in [0.25, 0.3) is 0 Å². The van der Waals surface area contributed by atoms with Gasteiger partial charge in [0.2, 0.25) is 0 Å². The van der Waals surface area contributed by atoms with Gasteiger partial charge in [0.25, 0.3) is 0 Å². The minimum absolute atomic E-state index is 0.358. The number of aryl methyl sites for hydroxylation is 1. The Bertz CT molecular complexity index is 746. The van der Waals surface area contributed by atoms with E-state index in [9.17, 15) is 14.4 Å². The molecule has 2 N–H and O–H groups in total. The number of carbonyl (C=O) groups is 1. The molecule has 0 radical (unpaired) electrons. The van der Waals surface area contributed by atoms with E-state index in [-0.39, 0.29) is 5.82 Å². The minimum Gasteiger partial charge on any atom is -0.308 e. The maximum Gasteiger partial charge on any atom is 0.324 e. The van der Waals surface area contributed by atoms with Crippen LogP contribution in [0, 0.1) is 17.1 Å². The Kier molecular flexibility index (Phi) is 4.07. The Balaban J connectivity index is 1.75. The predicted molar refractivity (Wildman–Crippen MR) is 84.7 cm³/mol. The number of hydrogen-bond donors (Lipinski definition) is 2. The Labute approximate surface area is 131 Å². The molecule has 22 heavy (non-hydrogen) atoms. The smallest absolute Gasteiger partial charge is 0.308 e. The van der Waals surface area contributed by atoms with E-state index in [2.05, 4.69) is 16.7 Å². The zero-order valence-electron chi connectivity index (χ0n) is 11.8. The largest absolute Gasteiger partial charge is 0.324 e. The molecule has 112 valence electrons. The third kappa shape index (κ3) is 2.95. The number of anilines is 2. The Morgan fingerprint density at radius 1 is 1.18 bits per heavy atom. The molecule has 1 aliphatic carbocycles. The number of halogens is 1. The number of urea groups is 1. The van der Waals surface area contributed by atoms with Crippen molar-refractivity contribution < 1.29 is 9.18 Å². The highest BCUT2D eigenvalue weighted by molar-refractivity contribution is 7.16. The van der Waals surface area contributed by atoms with Crippen molar-refractivity contribution in [1.29, 1.82) is 5.26 Å². The summed E-state index contributed by atoms with van der Waals surface area (Å²) in [5.74, 6) is -0.358. The number of fused-ring (bicyclic) bond motifs is 1. The fourth-order valence-electron chi connectivity index (χ4n) is 2.57. The van der Waals surface area contributed by atoms with E-state index < -0.39 is 6.03 Å². The van der Waals surface area contributed by atoms with Gasteiger partial charge in [-0.05, 0) is 55.5 Å². The number of rotatable bonds is 2. The lowest BCUT2D eigenvalue weighted by atomic mass is 9.96. The molecule has 0 aliphatic heterocycles. The maximum absolute atomic E-state index is 12.8. The monoisotopic (exact) mass is 315 g/mol. The fourth-order valence-corrected chi connectivity index (χ4v) is 3.81. The van der Waals surface area contributed by atoms with Crippen molar-refractivity contribution in [2.24, 2.45) is 0 Å². The van der Waals surface area contributed by atoms with Crippen LogP contribution >= 0.6 is 11.3 Å². The maximum atomic E-state index is 12.8. The van der Waals surface area contributed by atoms with Gasteiger partial charge in [0.1, 0.15) is 16.9 Å². The highest BCUT2D eigenvalue weighted by atomic mass is 32.1. The average molecular weight is 315 g/mol. The molecular formula is C16H14FN3OS. The van der Waals surface area contributed by atoms with Crippen molar-refractivity contribution in [2.75, 3.05) is 10.6 Å². The van der Waals surface area contributed by atoms with Crippen molar-refractivity contribution in [2.45, 2.75) is 25.7 Å². The number of hydrogen-bond acceptors (Lipinski definition) is 3. The molecule has 0 saturated carbocycles. The van der Waals surface area contributed by atoms with Crippen molar-refractivity contribution in [1.82, 2.24) is 0 Å². The van der Waals surface area contributed by atoms with Crippen LogP contribution in [0.1, 0.15) is 28.8 Å². The normalized spacial score (nSPS) is 13.1. The van der Waals surface area contributed by atoms with Gasteiger partial charge in [0, 0.05) is 10.6 Å². The summed E-state index contributed by atoms with van der Waals surface area (Å²) < 4.78 is 12.8. The molecule has 3 rings (SSSR count). The van der Waals surface area contributed by atoms with Crippen LogP contribution in [-0.2, 0) is 12.8 Å². The minimum atomic E-state index is -0.429. The molecule has 2 amide bonds. The van der Waals surface area contributed by atoms with E-state index in [0.29, 0.717) is 16.3 Å². The molecule has 0 saturated heterocycles. The van der Waals surface area contributed by atoms with Crippen LogP contribution in [0.3, 0.4) is 0 Å². The van der Waals surface area contributed by atoms with Crippen LogP contribution < -0.4 is 10.6 Å². The summed E-state index contributed by atoms with van der Waals surface area (Å²) in [4.78, 5) is 13.2. The van der Waals surface area contributed by atoms with Crippen molar-refractivity contribution >= 4 is 28.1 Å². The van der Waals surface area contributed by atoms with Gasteiger partial charge < -0.3 is 5.32 Å². The van der Waals surface area contributed by atoms with Gasteiger partial charge in [0.15, 0.2) is 0 Å². The molecule has 0 bridgehead atoms. The summed E-state index contributed by atoms with van der Waals surface area (Å²) in [6.07, 6.45) is 4.07. The molecule has 2 aromatic rings. The molecular weight excluding hydrogens is 301 g/mol. The summed E-state index contributed by atoms with van der Waals surface area (Å²) in [5, 5.41) is 15.3. The number of nitrogens with zero attached hydrogens (tertiary/aromatic N) is 1. The van der Waals surface area contributed by atoms with Crippen molar-refractivity contribution in [3.63, 3.8) is 0 Å². The fraction of sp³-hybridized carbons (Fsp3) is 0.250. The number of carbonyl (C=O) groups excluding carboxylic acids is 1. The molecule has 4 nitrogen and oxygen atoms in total. The van der Waals surface area contributed by atoms with Gasteiger partial charge in [-0.1, -0.05) is 0 Å². The lowest BCUT2D eigenvalue weighted by Crippen LogP contribution is -2.19. The van der Waals surface area contributed by atoms with Gasteiger partial charge in [0.05, 0.1) is 5.56 Å². The Hall–Kier alpha value is -2.39. The molecule has 0 fully saturated rings. The average Bonchev–Trinajstić information content (AvgIpc) is 2.86. The number of nitriles is 1. The molecule has 0 spiro atoms. The summed E-state index contributed by atoms with van der Waals surface area (Å²) in [6.45, 7) is 0. The summed E-state index contributed by atoms with van der Waals surface area (Å²) in [5.41, 5.74) is 2.16. The van der Waals surface area contributed by atoms with Gasteiger partial charge in [-0.15, -0.1) is 11.3 Å². The van der Waals surface area contributed by atoms with Gasteiger partial charge in [-0.3, -0.25) is 5.32 Å². The molecule has 1 aliphatic rings. The summed E-state index contributed by atoms with van der Waals surface area (Å²) in [7, 11) is 0. The first kappa shape index (κ1) is 14.5. The Morgan fingerprint density at radius 2 is 1.91 bits per heavy atom. The van der Waals surface area contributed by atoms with E-state index in [1.807, 2.05) is 0 Å². The number of thiophene rings is 1. The molecule has 0 unspecified atom stereocenters. The van der Waals surface area contributed by atoms with Crippen LogP contribution in [0.15, 0.2) is 24.3 Å².